The number of hydrogen-bond acceptors (Lipinski definition) is 5. The number of nitrogens with one attached hydrogen (secondary N) is 1. The maximum absolute atomic E-state index is 12.3. The molecule has 24 heavy (non-hydrogen) atoms. The highest BCUT2D eigenvalue weighted by Gasteiger charge is 2.24. The smallest absolute Gasteiger partial charge is 0.279 e. The van der Waals surface area contributed by atoms with Crippen LogP contribution in [-0.2, 0) is 6.54 Å². The van der Waals surface area contributed by atoms with Gasteiger partial charge in [-0.2, -0.15) is 0 Å². The van der Waals surface area contributed by atoms with Crippen molar-refractivity contribution in [3.05, 3.63) is 78.9 Å². The topological polar surface area (TPSA) is 115 Å². The molecule has 1 N–H and O–H groups in total. The minimum absolute atomic E-state index is 0.0805. The number of hydrogen-bond donors (Lipinski definition) is 1. The van der Waals surface area contributed by atoms with E-state index in [1.165, 1.54) is 6.92 Å². The Balaban J connectivity index is 2.29. The largest absolute Gasteiger partial charge is 0.348 e. The third-order valence-electron chi connectivity index (χ3n) is 3.59. The van der Waals surface area contributed by atoms with Crippen molar-refractivity contribution in [1.29, 1.82) is 0 Å². The molecule has 0 atom stereocenters. The van der Waals surface area contributed by atoms with Gasteiger partial charge in [-0.05, 0) is 19.4 Å². The van der Waals surface area contributed by atoms with Gasteiger partial charge < -0.3 is 5.32 Å². The number of rotatable bonds is 5. The Bertz CT molecular complexity index is 815. The van der Waals surface area contributed by atoms with Gasteiger partial charge in [0.25, 0.3) is 17.3 Å². The number of benzene rings is 2. The van der Waals surface area contributed by atoms with Gasteiger partial charge in [-0.15, -0.1) is 0 Å². The number of nitro benzene ring substituents is 2. The van der Waals surface area contributed by atoms with E-state index < -0.39 is 27.1 Å². The van der Waals surface area contributed by atoms with Crippen LogP contribution in [-0.4, -0.2) is 15.8 Å². The molecule has 0 saturated carbocycles. The zero-order valence-corrected chi connectivity index (χ0v) is 13.1. The molecule has 0 aliphatic heterocycles. The molecule has 2 aromatic rings. The molecule has 1 amide bonds. The van der Waals surface area contributed by atoms with Gasteiger partial charge in [-0.3, -0.25) is 25.0 Å². The van der Waals surface area contributed by atoms with Crippen LogP contribution >= 0.6 is 0 Å². The number of carbonyl (C=O) groups is 1. The van der Waals surface area contributed by atoms with Crippen molar-refractivity contribution in [1.82, 2.24) is 5.32 Å². The lowest BCUT2D eigenvalue weighted by atomic mass is 10.0. The van der Waals surface area contributed by atoms with E-state index in [1.54, 1.807) is 0 Å². The molecule has 0 unspecified atom stereocenters. The molecule has 0 aromatic heterocycles. The Morgan fingerprint density at radius 3 is 2.21 bits per heavy atom. The van der Waals surface area contributed by atoms with Crippen LogP contribution in [0.1, 0.15) is 27.0 Å². The lowest BCUT2D eigenvalue weighted by molar-refractivity contribution is -0.394. The second-order valence-corrected chi connectivity index (χ2v) is 5.32. The van der Waals surface area contributed by atoms with Crippen LogP contribution in [0, 0.1) is 34.1 Å². The summed E-state index contributed by atoms with van der Waals surface area (Å²) < 4.78 is 0. The van der Waals surface area contributed by atoms with Gasteiger partial charge in [0.05, 0.1) is 21.5 Å². The summed E-state index contributed by atoms with van der Waals surface area (Å²) in [5.41, 5.74) is 0.995. The molecule has 2 rings (SSSR count). The minimum atomic E-state index is -0.761. The van der Waals surface area contributed by atoms with E-state index in [0.717, 1.165) is 23.3 Å². The Kier molecular flexibility index (Phi) is 4.88. The molecule has 8 heteroatoms. The normalized spacial score (nSPS) is 10.2. The number of amides is 1. The van der Waals surface area contributed by atoms with Crippen LogP contribution < -0.4 is 5.32 Å². The first-order valence-electron chi connectivity index (χ1n) is 7.06. The zero-order chi connectivity index (χ0) is 17.9. The van der Waals surface area contributed by atoms with E-state index in [2.05, 4.69) is 5.32 Å². The van der Waals surface area contributed by atoms with E-state index >= 15 is 0 Å². The molecule has 0 saturated heterocycles. The molecule has 0 aliphatic carbocycles. The van der Waals surface area contributed by atoms with Gasteiger partial charge in [0.15, 0.2) is 0 Å². The fourth-order valence-corrected chi connectivity index (χ4v) is 2.20. The predicted octanol–water partition coefficient (Wildman–Crippen LogP) is 3.05. The highest BCUT2D eigenvalue weighted by Crippen LogP contribution is 2.28. The number of aryl methyl sites for hydroxylation is 1. The molecule has 8 nitrogen and oxygen atoms in total. The summed E-state index contributed by atoms with van der Waals surface area (Å²) in [6.45, 7) is 3.55. The highest BCUT2D eigenvalue weighted by molar-refractivity contribution is 5.97. The Labute approximate surface area is 137 Å². The standard InChI is InChI=1S/C16H15N3O5/c1-10-3-5-12(6-4-10)9-17-16(20)14-7-13(18(21)22)8-15(11(14)2)19(23)24/h3-8H,9H2,1-2H3,(H,17,20). The van der Waals surface area contributed by atoms with Crippen LogP contribution in [0.4, 0.5) is 11.4 Å². The number of nitrogens with zero attached hydrogens (tertiary/aromatic N) is 2. The molecule has 0 aliphatic rings. The van der Waals surface area contributed by atoms with Crippen molar-refractivity contribution in [3.63, 3.8) is 0 Å². The van der Waals surface area contributed by atoms with Gasteiger partial charge in [-0.25, -0.2) is 0 Å². The van der Waals surface area contributed by atoms with Crippen LogP contribution in [0.3, 0.4) is 0 Å². The Hall–Kier alpha value is -3.29. The molecule has 2 aromatic carbocycles. The van der Waals surface area contributed by atoms with Crippen molar-refractivity contribution in [3.8, 4) is 0 Å². The van der Waals surface area contributed by atoms with E-state index in [-0.39, 0.29) is 17.7 Å². The van der Waals surface area contributed by atoms with Crippen molar-refractivity contribution in [2.75, 3.05) is 0 Å². The van der Waals surface area contributed by atoms with E-state index in [1.807, 2.05) is 31.2 Å². The average molecular weight is 329 g/mol. The molecule has 0 heterocycles. The Morgan fingerprint density at radius 1 is 1.04 bits per heavy atom. The van der Waals surface area contributed by atoms with Crippen molar-refractivity contribution >= 4 is 17.3 Å². The van der Waals surface area contributed by atoms with Crippen LogP contribution in [0.25, 0.3) is 0 Å². The molecule has 124 valence electrons. The number of carbonyl (C=O) groups excluding carboxylic acids is 1. The van der Waals surface area contributed by atoms with Gasteiger partial charge in [0, 0.05) is 18.2 Å². The van der Waals surface area contributed by atoms with Gasteiger partial charge in [0.2, 0.25) is 0 Å². The maximum Gasteiger partial charge on any atom is 0.279 e. The highest BCUT2D eigenvalue weighted by atomic mass is 16.6. The molecule has 0 fully saturated rings. The molecule has 0 spiro atoms. The summed E-state index contributed by atoms with van der Waals surface area (Å²) in [4.78, 5) is 32.8. The summed E-state index contributed by atoms with van der Waals surface area (Å²) >= 11 is 0. The van der Waals surface area contributed by atoms with Crippen LogP contribution in [0.5, 0.6) is 0 Å². The summed E-state index contributed by atoms with van der Waals surface area (Å²) in [6.07, 6.45) is 0. The summed E-state index contributed by atoms with van der Waals surface area (Å²) in [7, 11) is 0. The van der Waals surface area contributed by atoms with E-state index in [4.69, 9.17) is 0 Å². The van der Waals surface area contributed by atoms with E-state index in [0.29, 0.717) is 0 Å². The second-order valence-electron chi connectivity index (χ2n) is 5.32. The number of nitro groups is 2. The van der Waals surface area contributed by atoms with Crippen LogP contribution in [0.2, 0.25) is 0 Å². The minimum Gasteiger partial charge on any atom is -0.348 e. The first-order valence-corrected chi connectivity index (χ1v) is 7.06. The molecular weight excluding hydrogens is 314 g/mol. The van der Waals surface area contributed by atoms with Crippen molar-refractivity contribution < 1.29 is 14.6 Å². The van der Waals surface area contributed by atoms with Gasteiger partial charge in [0.1, 0.15) is 0 Å². The monoisotopic (exact) mass is 329 g/mol. The third kappa shape index (κ3) is 3.72. The fourth-order valence-electron chi connectivity index (χ4n) is 2.20. The first-order chi connectivity index (χ1) is 11.3. The van der Waals surface area contributed by atoms with Gasteiger partial charge in [-0.1, -0.05) is 29.8 Å². The molecule has 0 radical (unpaired) electrons. The fraction of sp³-hybridized carbons (Fsp3) is 0.188. The molecular formula is C16H15N3O5. The quantitative estimate of drug-likeness (QED) is 0.668. The number of non-ortho nitro benzene ring substituents is 1. The predicted molar refractivity (Wildman–Crippen MR) is 86.8 cm³/mol. The zero-order valence-electron chi connectivity index (χ0n) is 13.1. The van der Waals surface area contributed by atoms with E-state index in [9.17, 15) is 25.0 Å². The summed E-state index contributed by atoms with van der Waals surface area (Å²) in [6, 6.07) is 9.38. The first kappa shape index (κ1) is 17.1. The maximum atomic E-state index is 12.3. The molecule has 0 bridgehead atoms. The summed E-state index contributed by atoms with van der Waals surface area (Å²) in [5, 5.41) is 24.6. The average Bonchev–Trinajstić information content (AvgIpc) is 2.53. The summed E-state index contributed by atoms with van der Waals surface area (Å²) in [5.74, 6) is -0.597. The van der Waals surface area contributed by atoms with Crippen molar-refractivity contribution in [2.45, 2.75) is 20.4 Å². The lowest BCUT2D eigenvalue weighted by Gasteiger charge is -2.08. The van der Waals surface area contributed by atoms with Crippen molar-refractivity contribution in [2.24, 2.45) is 0 Å². The second kappa shape index (κ2) is 6.86. The van der Waals surface area contributed by atoms with Crippen LogP contribution in [0.15, 0.2) is 36.4 Å². The SMILES string of the molecule is Cc1ccc(CNC(=O)c2cc([N+](=O)[O-])cc([N+](=O)[O-])c2C)cc1. The third-order valence-corrected chi connectivity index (χ3v) is 3.59. The van der Waals surface area contributed by atoms with Gasteiger partial charge >= 0.3 is 0 Å². The lowest BCUT2D eigenvalue weighted by Crippen LogP contribution is -2.24. The Morgan fingerprint density at radius 2 is 1.67 bits per heavy atom.